The fraction of sp³-hybridized carbons (Fsp3) is 0.381. The summed E-state index contributed by atoms with van der Waals surface area (Å²) >= 11 is 0. The number of anilines is 2. The molecule has 0 spiro atoms. The number of fused-ring (bicyclic) bond motifs is 1. The van der Waals surface area contributed by atoms with E-state index in [-0.39, 0.29) is 17.8 Å². The first-order chi connectivity index (χ1) is 14.5. The summed E-state index contributed by atoms with van der Waals surface area (Å²) in [5, 5.41) is 15.6. The van der Waals surface area contributed by atoms with Crippen LogP contribution in [0.5, 0.6) is 0 Å². The van der Waals surface area contributed by atoms with Gasteiger partial charge in [-0.2, -0.15) is 4.52 Å². The van der Waals surface area contributed by atoms with Gasteiger partial charge in [0.25, 0.3) is 0 Å². The molecule has 2 aromatic heterocycles. The van der Waals surface area contributed by atoms with Gasteiger partial charge in [-0.1, -0.05) is 0 Å². The minimum Gasteiger partial charge on any atom is -0.462 e. The Morgan fingerprint density at radius 2 is 1.83 bits per heavy atom. The number of carbonyl (C=O) groups excluding carboxylic acids is 2. The third-order valence-electron chi connectivity index (χ3n) is 5.26. The van der Waals surface area contributed by atoms with Gasteiger partial charge < -0.3 is 15.0 Å². The molecule has 1 saturated heterocycles. The SMILES string of the molecule is CCOC(=O)c1ccc(NC(=O)C2CCN(c3ccc4nnc(C)n4n3)CC2)cc1. The number of ether oxygens (including phenoxy) is 1. The normalized spacial score (nSPS) is 14.7. The number of benzene rings is 1. The van der Waals surface area contributed by atoms with E-state index in [1.165, 1.54) is 0 Å². The highest BCUT2D eigenvalue weighted by Crippen LogP contribution is 2.23. The zero-order chi connectivity index (χ0) is 21.1. The molecule has 1 amide bonds. The molecule has 0 bridgehead atoms. The van der Waals surface area contributed by atoms with Crippen LogP contribution in [0.4, 0.5) is 11.5 Å². The largest absolute Gasteiger partial charge is 0.462 e. The van der Waals surface area contributed by atoms with Crippen LogP contribution in [-0.4, -0.2) is 51.4 Å². The number of hydrogen-bond acceptors (Lipinski definition) is 7. The summed E-state index contributed by atoms with van der Waals surface area (Å²) in [7, 11) is 0. The molecular formula is C21H24N6O3. The Balaban J connectivity index is 1.33. The highest BCUT2D eigenvalue weighted by Gasteiger charge is 2.26. The number of aryl methyl sites for hydroxylation is 1. The number of piperidine rings is 1. The van der Waals surface area contributed by atoms with Crippen molar-refractivity contribution in [3.05, 3.63) is 47.8 Å². The van der Waals surface area contributed by atoms with Crippen molar-refractivity contribution in [3.63, 3.8) is 0 Å². The van der Waals surface area contributed by atoms with E-state index in [2.05, 4.69) is 25.5 Å². The van der Waals surface area contributed by atoms with Gasteiger partial charge in [0.1, 0.15) is 5.82 Å². The lowest BCUT2D eigenvalue weighted by molar-refractivity contribution is -0.120. The second-order valence-corrected chi connectivity index (χ2v) is 7.26. The van der Waals surface area contributed by atoms with E-state index in [0.29, 0.717) is 17.9 Å². The van der Waals surface area contributed by atoms with E-state index >= 15 is 0 Å². The second kappa shape index (κ2) is 8.48. The molecule has 3 heterocycles. The minimum absolute atomic E-state index is 0.00315. The molecule has 0 saturated carbocycles. The molecule has 0 aliphatic carbocycles. The van der Waals surface area contributed by atoms with Crippen molar-refractivity contribution in [2.75, 3.05) is 29.9 Å². The van der Waals surface area contributed by atoms with Crippen LogP contribution in [0.3, 0.4) is 0 Å². The monoisotopic (exact) mass is 408 g/mol. The van der Waals surface area contributed by atoms with Gasteiger partial charge in [0.05, 0.1) is 12.2 Å². The van der Waals surface area contributed by atoms with Gasteiger partial charge in [0.2, 0.25) is 5.91 Å². The number of nitrogens with zero attached hydrogens (tertiary/aromatic N) is 5. The van der Waals surface area contributed by atoms with Gasteiger partial charge in [-0.25, -0.2) is 4.79 Å². The van der Waals surface area contributed by atoms with Crippen LogP contribution >= 0.6 is 0 Å². The van der Waals surface area contributed by atoms with Gasteiger partial charge in [-0.15, -0.1) is 15.3 Å². The average molecular weight is 408 g/mol. The highest BCUT2D eigenvalue weighted by molar-refractivity contribution is 5.94. The molecule has 3 aromatic rings. The summed E-state index contributed by atoms with van der Waals surface area (Å²) < 4.78 is 6.70. The van der Waals surface area contributed by atoms with Crippen LogP contribution in [-0.2, 0) is 9.53 Å². The number of rotatable bonds is 5. The van der Waals surface area contributed by atoms with E-state index in [9.17, 15) is 9.59 Å². The molecule has 0 radical (unpaired) electrons. The first kappa shape index (κ1) is 19.8. The van der Waals surface area contributed by atoms with Crippen LogP contribution in [0.1, 0.15) is 35.9 Å². The molecule has 30 heavy (non-hydrogen) atoms. The Labute approximate surface area is 174 Å². The van der Waals surface area contributed by atoms with Crippen molar-refractivity contribution in [3.8, 4) is 0 Å². The quantitative estimate of drug-likeness (QED) is 0.647. The highest BCUT2D eigenvalue weighted by atomic mass is 16.5. The van der Waals surface area contributed by atoms with Crippen molar-refractivity contribution in [1.29, 1.82) is 0 Å². The number of amides is 1. The Morgan fingerprint density at radius 1 is 1.10 bits per heavy atom. The summed E-state index contributed by atoms with van der Waals surface area (Å²) in [6.07, 6.45) is 1.49. The lowest BCUT2D eigenvalue weighted by atomic mass is 9.95. The number of nitrogens with one attached hydrogen (secondary N) is 1. The molecular weight excluding hydrogens is 384 g/mol. The minimum atomic E-state index is -0.365. The number of hydrogen-bond donors (Lipinski definition) is 1. The van der Waals surface area contributed by atoms with Crippen LogP contribution in [0, 0.1) is 12.8 Å². The summed E-state index contributed by atoms with van der Waals surface area (Å²) in [6.45, 7) is 5.46. The Kier molecular flexibility index (Phi) is 5.60. The van der Waals surface area contributed by atoms with Gasteiger partial charge in [-0.3, -0.25) is 4.79 Å². The molecule has 1 aliphatic heterocycles. The van der Waals surface area contributed by atoms with Crippen molar-refractivity contribution >= 4 is 29.0 Å². The van der Waals surface area contributed by atoms with E-state index in [1.807, 2.05) is 19.1 Å². The molecule has 0 unspecified atom stereocenters. The van der Waals surface area contributed by atoms with Gasteiger partial charge in [-0.05, 0) is 63.1 Å². The first-order valence-electron chi connectivity index (χ1n) is 10.1. The Bertz CT molecular complexity index is 1050. The predicted molar refractivity (Wildman–Crippen MR) is 111 cm³/mol. The average Bonchev–Trinajstić information content (AvgIpc) is 3.14. The third kappa shape index (κ3) is 4.10. The lowest BCUT2D eigenvalue weighted by Gasteiger charge is -2.32. The van der Waals surface area contributed by atoms with Crippen molar-refractivity contribution in [2.45, 2.75) is 26.7 Å². The molecule has 4 rings (SSSR count). The van der Waals surface area contributed by atoms with E-state index in [0.717, 1.165) is 43.2 Å². The molecule has 1 aromatic carbocycles. The van der Waals surface area contributed by atoms with Crippen molar-refractivity contribution in [2.24, 2.45) is 5.92 Å². The van der Waals surface area contributed by atoms with Crippen LogP contribution in [0.25, 0.3) is 5.65 Å². The maximum absolute atomic E-state index is 12.7. The van der Waals surface area contributed by atoms with Crippen molar-refractivity contribution < 1.29 is 14.3 Å². The van der Waals surface area contributed by atoms with Gasteiger partial charge in [0.15, 0.2) is 11.5 Å². The molecule has 156 valence electrons. The maximum atomic E-state index is 12.7. The molecule has 1 fully saturated rings. The van der Waals surface area contributed by atoms with Gasteiger partial charge >= 0.3 is 5.97 Å². The van der Waals surface area contributed by atoms with E-state index < -0.39 is 0 Å². The van der Waals surface area contributed by atoms with Crippen LogP contribution in [0.15, 0.2) is 36.4 Å². The molecule has 9 nitrogen and oxygen atoms in total. The summed E-state index contributed by atoms with van der Waals surface area (Å²) in [4.78, 5) is 26.6. The summed E-state index contributed by atoms with van der Waals surface area (Å²) in [5.41, 5.74) is 1.86. The fourth-order valence-corrected chi connectivity index (χ4v) is 3.57. The summed E-state index contributed by atoms with van der Waals surface area (Å²) in [5.74, 6) is 1.17. The molecule has 1 aliphatic rings. The maximum Gasteiger partial charge on any atom is 0.338 e. The zero-order valence-corrected chi connectivity index (χ0v) is 17.0. The number of aromatic nitrogens is 4. The number of esters is 1. The van der Waals surface area contributed by atoms with Crippen molar-refractivity contribution in [1.82, 2.24) is 19.8 Å². The smallest absolute Gasteiger partial charge is 0.338 e. The second-order valence-electron chi connectivity index (χ2n) is 7.26. The zero-order valence-electron chi connectivity index (χ0n) is 17.0. The fourth-order valence-electron chi connectivity index (χ4n) is 3.57. The van der Waals surface area contributed by atoms with E-state index in [4.69, 9.17) is 4.74 Å². The lowest BCUT2D eigenvalue weighted by Crippen LogP contribution is -2.38. The van der Waals surface area contributed by atoms with Gasteiger partial charge in [0, 0.05) is 24.7 Å². The van der Waals surface area contributed by atoms with Crippen LogP contribution in [0.2, 0.25) is 0 Å². The predicted octanol–water partition coefficient (Wildman–Crippen LogP) is 2.46. The molecule has 0 atom stereocenters. The molecule has 1 N–H and O–H groups in total. The van der Waals surface area contributed by atoms with Crippen LogP contribution < -0.4 is 10.2 Å². The topological polar surface area (TPSA) is 102 Å². The Morgan fingerprint density at radius 3 is 2.53 bits per heavy atom. The third-order valence-corrected chi connectivity index (χ3v) is 5.26. The number of carbonyl (C=O) groups is 2. The standard InChI is InChI=1S/C21H24N6O3/c1-3-30-21(29)16-4-6-17(7-5-16)22-20(28)15-10-12-26(13-11-15)19-9-8-18-24-23-14(2)27(18)25-19/h4-9,15H,3,10-13H2,1-2H3,(H,22,28). The first-order valence-corrected chi connectivity index (χ1v) is 10.1. The van der Waals surface area contributed by atoms with E-state index in [1.54, 1.807) is 35.7 Å². The summed E-state index contributed by atoms with van der Waals surface area (Å²) in [6, 6.07) is 10.6. The Hall–Kier alpha value is -3.49. The molecule has 9 heteroatoms.